The van der Waals surface area contributed by atoms with E-state index in [1.54, 1.807) is 6.20 Å². The SMILES string of the molecule is N#Cc1cnc2cc(I)ccc2c1Br. The molecule has 0 bridgehead atoms. The fourth-order valence-corrected chi connectivity index (χ4v) is 2.21. The van der Waals surface area contributed by atoms with E-state index in [9.17, 15) is 0 Å². The maximum atomic E-state index is 8.81. The predicted molar refractivity (Wildman–Crippen MR) is 66.9 cm³/mol. The van der Waals surface area contributed by atoms with Crippen LogP contribution >= 0.6 is 38.5 Å². The summed E-state index contributed by atoms with van der Waals surface area (Å²) in [6, 6.07) is 8.04. The zero-order valence-corrected chi connectivity index (χ0v) is 10.7. The van der Waals surface area contributed by atoms with Gasteiger partial charge in [-0.15, -0.1) is 0 Å². The molecule has 1 aromatic carbocycles. The van der Waals surface area contributed by atoms with Gasteiger partial charge in [-0.3, -0.25) is 4.98 Å². The van der Waals surface area contributed by atoms with Gasteiger partial charge in [0.15, 0.2) is 0 Å². The highest BCUT2D eigenvalue weighted by atomic mass is 127. The van der Waals surface area contributed by atoms with Gasteiger partial charge < -0.3 is 0 Å². The van der Waals surface area contributed by atoms with Gasteiger partial charge in [0, 0.05) is 19.6 Å². The van der Waals surface area contributed by atoms with Crippen molar-refractivity contribution in [2.45, 2.75) is 0 Å². The molecule has 0 fully saturated rings. The zero-order valence-electron chi connectivity index (χ0n) is 6.96. The van der Waals surface area contributed by atoms with Crippen molar-refractivity contribution < 1.29 is 0 Å². The van der Waals surface area contributed by atoms with Crippen LogP contribution in [-0.4, -0.2) is 4.98 Å². The van der Waals surface area contributed by atoms with Gasteiger partial charge >= 0.3 is 0 Å². The third kappa shape index (κ3) is 1.62. The Balaban J connectivity index is 2.85. The van der Waals surface area contributed by atoms with Crippen molar-refractivity contribution in [3.8, 4) is 6.07 Å². The quantitative estimate of drug-likeness (QED) is 0.676. The summed E-state index contributed by atoms with van der Waals surface area (Å²) in [5.74, 6) is 0. The number of pyridine rings is 1. The Morgan fingerprint density at radius 1 is 1.43 bits per heavy atom. The lowest BCUT2D eigenvalue weighted by Gasteiger charge is -2.01. The fourth-order valence-electron chi connectivity index (χ4n) is 1.21. The summed E-state index contributed by atoms with van der Waals surface area (Å²) < 4.78 is 1.96. The van der Waals surface area contributed by atoms with Gasteiger partial charge in [-0.2, -0.15) is 5.26 Å². The van der Waals surface area contributed by atoms with E-state index in [0.29, 0.717) is 5.56 Å². The summed E-state index contributed by atoms with van der Waals surface area (Å²) in [5.41, 5.74) is 1.47. The maximum absolute atomic E-state index is 8.81. The molecule has 0 aliphatic rings. The smallest absolute Gasteiger partial charge is 0.102 e. The van der Waals surface area contributed by atoms with Gasteiger partial charge in [0.2, 0.25) is 0 Å². The van der Waals surface area contributed by atoms with E-state index >= 15 is 0 Å². The molecule has 0 aliphatic heterocycles. The first-order valence-corrected chi connectivity index (χ1v) is 5.73. The Labute approximate surface area is 103 Å². The summed E-state index contributed by atoms with van der Waals surface area (Å²) in [6.07, 6.45) is 1.59. The number of nitriles is 1. The molecule has 4 heteroatoms. The number of rotatable bonds is 0. The van der Waals surface area contributed by atoms with E-state index in [1.165, 1.54) is 0 Å². The second kappa shape index (κ2) is 3.83. The first-order valence-electron chi connectivity index (χ1n) is 3.86. The maximum Gasteiger partial charge on any atom is 0.102 e. The number of aromatic nitrogens is 1. The van der Waals surface area contributed by atoms with Crippen molar-refractivity contribution >= 4 is 49.4 Å². The van der Waals surface area contributed by atoms with Crippen LogP contribution in [0.4, 0.5) is 0 Å². The lowest BCUT2D eigenvalue weighted by atomic mass is 10.2. The number of fused-ring (bicyclic) bond motifs is 1. The molecule has 2 rings (SSSR count). The topological polar surface area (TPSA) is 36.7 Å². The number of benzene rings is 1. The monoisotopic (exact) mass is 358 g/mol. The third-order valence-electron chi connectivity index (χ3n) is 1.89. The Morgan fingerprint density at radius 2 is 2.21 bits per heavy atom. The van der Waals surface area contributed by atoms with Crippen molar-refractivity contribution in [1.82, 2.24) is 4.98 Å². The molecule has 0 amide bonds. The van der Waals surface area contributed by atoms with Gasteiger partial charge in [0.25, 0.3) is 0 Å². The molecule has 0 radical (unpaired) electrons. The Morgan fingerprint density at radius 3 is 2.93 bits per heavy atom. The molecule has 0 aliphatic carbocycles. The molecule has 0 atom stereocenters. The molecule has 1 heterocycles. The van der Waals surface area contributed by atoms with Gasteiger partial charge in [0.1, 0.15) is 6.07 Å². The predicted octanol–water partition coefficient (Wildman–Crippen LogP) is 3.47. The van der Waals surface area contributed by atoms with E-state index in [0.717, 1.165) is 18.9 Å². The number of halogens is 2. The van der Waals surface area contributed by atoms with Crippen LogP contribution in [0.5, 0.6) is 0 Å². The van der Waals surface area contributed by atoms with Crippen LogP contribution in [-0.2, 0) is 0 Å². The van der Waals surface area contributed by atoms with Gasteiger partial charge in [-0.1, -0.05) is 6.07 Å². The van der Waals surface area contributed by atoms with Gasteiger partial charge in [0.05, 0.1) is 11.1 Å². The summed E-state index contributed by atoms with van der Waals surface area (Å²) in [6.45, 7) is 0. The fraction of sp³-hybridized carbons (Fsp3) is 0. The van der Waals surface area contributed by atoms with E-state index in [4.69, 9.17) is 5.26 Å². The molecular weight excluding hydrogens is 355 g/mol. The first-order chi connectivity index (χ1) is 6.72. The van der Waals surface area contributed by atoms with Crippen LogP contribution in [0.1, 0.15) is 5.56 Å². The van der Waals surface area contributed by atoms with Crippen LogP contribution in [0.2, 0.25) is 0 Å². The molecule has 0 saturated heterocycles. The molecular formula is C10H4BrIN2. The van der Waals surface area contributed by atoms with Crippen LogP contribution in [0.15, 0.2) is 28.9 Å². The van der Waals surface area contributed by atoms with Crippen LogP contribution in [0, 0.1) is 14.9 Å². The zero-order chi connectivity index (χ0) is 10.1. The van der Waals surface area contributed by atoms with Crippen molar-refractivity contribution in [3.63, 3.8) is 0 Å². The summed E-state index contributed by atoms with van der Waals surface area (Å²) >= 11 is 5.64. The molecule has 68 valence electrons. The molecule has 14 heavy (non-hydrogen) atoms. The van der Waals surface area contributed by atoms with Crippen LogP contribution in [0.3, 0.4) is 0 Å². The molecule has 2 aromatic rings. The Hall–Kier alpha value is -0.670. The minimum Gasteiger partial charge on any atom is -0.255 e. The Bertz CT molecular complexity index is 546. The average Bonchev–Trinajstić information content (AvgIpc) is 2.18. The van der Waals surface area contributed by atoms with Crippen LogP contribution in [0.25, 0.3) is 10.9 Å². The minimum absolute atomic E-state index is 0.568. The van der Waals surface area contributed by atoms with E-state index in [2.05, 4.69) is 49.6 Å². The van der Waals surface area contributed by atoms with Crippen molar-refractivity contribution in [2.24, 2.45) is 0 Å². The van der Waals surface area contributed by atoms with E-state index < -0.39 is 0 Å². The van der Waals surface area contributed by atoms with Gasteiger partial charge in [-0.05, 0) is 50.7 Å². The van der Waals surface area contributed by atoms with Crippen molar-refractivity contribution in [3.05, 3.63) is 38.0 Å². The highest BCUT2D eigenvalue weighted by molar-refractivity contribution is 14.1. The highest BCUT2D eigenvalue weighted by Crippen LogP contribution is 2.26. The molecule has 1 aromatic heterocycles. The normalized spacial score (nSPS) is 10.1. The standard InChI is InChI=1S/C10H4BrIN2/c11-10-6(4-13)5-14-9-3-7(12)1-2-8(9)10/h1-3,5H. The molecule has 2 nitrogen and oxygen atoms in total. The first kappa shape index (κ1) is 9.87. The molecule has 0 spiro atoms. The Kier molecular flexibility index (Phi) is 2.70. The van der Waals surface area contributed by atoms with E-state index in [1.807, 2.05) is 18.2 Å². The van der Waals surface area contributed by atoms with E-state index in [-0.39, 0.29) is 0 Å². The number of hydrogen-bond donors (Lipinski definition) is 0. The molecule has 0 unspecified atom stereocenters. The number of hydrogen-bond acceptors (Lipinski definition) is 2. The highest BCUT2D eigenvalue weighted by Gasteiger charge is 2.05. The van der Waals surface area contributed by atoms with Crippen molar-refractivity contribution in [1.29, 1.82) is 5.26 Å². The summed E-state index contributed by atoms with van der Waals surface area (Å²) in [4.78, 5) is 4.22. The van der Waals surface area contributed by atoms with Crippen molar-refractivity contribution in [2.75, 3.05) is 0 Å². The van der Waals surface area contributed by atoms with Crippen LogP contribution < -0.4 is 0 Å². The average molecular weight is 359 g/mol. The third-order valence-corrected chi connectivity index (χ3v) is 3.41. The van der Waals surface area contributed by atoms with Gasteiger partial charge in [-0.25, -0.2) is 0 Å². The molecule has 0 N–H and O–H groups in total. The molecule has 0 saturated carbocycles. The second-order valence-corrected chi connectivity index (χ2v) is 4.80. The largest absolute Gasteiger partial charge is 0.255 e. The minimum atomic E-state index is 0.568. The second-order valence-electron chi connectivity index (χ2n) is 2.76. The summed E-state index contributed by atoms with van der Waals surface area (Å²) in [7, 11) is 0. The lowest BCUT2D eigenvalue weighted by Crippen LogP contribution is -1.85. The summed E-state index contributed by atoms with van der Waals surface area (Å²) in [5, 5.41) is 9.79. The number of nitrogens with zero attached hydrogens (tertiary/aromatic N) is 2. The lowest BCUT2D eigenvalue weighted by molar-refractivity contribution is 1.35.